The zero-order chi connectivity index (χ0) is 24.8. The van der Waals surface area contributed by atoms with Crippen LogP contribution in [0.5, 0.6) is 0 Å². The molecule has 178 valence electrons. The van der Waals surface area contributed by atoms with E-state index in [0.717, 1.165) is 15.4 Å². The molecule has 3 aromatic carbocycles. The minimum atomic E-state index is -0.468. The lowest BCUT2D eigenvalue weighted by Gasteiger charge is -2.22. The average molecular weight is 488 g/mol. The van der Waals surface area contributed by atoms with Crippen LogP contribution in [-0.2, 0) is 16.1 Å². The van der Waals surface area contributed by atoms with E-state index in [4.69, 9.17) is 15.9 Å². The number of aromatic nitrogens is 1. The van der Waals surface area contributed by atoms with Gasteiger partial charge in [0, 0.05) is 22.5 Å². The Bertz CT molecular complexity index is 1350. The number of para-hydroxylation sites is 1. The molecule has 4 N–H and O–H groups in total. The number of hydrogen-bond donors (Lipinski definition) is 3. The molecule has 0 aliphatic carbocycles. The van der Waals surface area contributed by atoms with Crippen molar-refractivity contribution in [1.29, 1.82) is 5.41 Å². The van der Waals surface area contributed by atoms with Crippen LogP contribution in [0.25, 0.3) is 10.2 Å². The van der Waals surface area contributed by atoms with Crippen LogP contribution in [0.15, 0.2) is 72.8 Å². The molecule has 1 aromatic heterocycles. The van der Waals surface area contributed by atoms with Crippen LogP contribution in [-0.4, -0.2) is 35.8 Å². The van der Waals surface area contributed by atoms with Crippen LogP contribution in [0.1, 0.15) is 27.9 Å². The Hall–Kier alpha value is -4.24. The second-order valence-electron chi connectivity index (χ2n) is 7.67. The van der Waals surface area contributed by atoms with Gasteiger partial charge in [0.25, 0.3) is 5.91 Å². The third kappa shape index (κ3) is 5.82. The number of ether oxygens (including phenoxy) is 1. The number of carbonyl (C=O) groups excluding carboxylic acids is 2. The Balaban J connectivity index is 1.52. The Morgan fingerprint density at radius 3 is 2.46 bits per heavy atom. The molecule has 0 saturated heterocycles. The molecule has 0 radical (unpaired) electrons. The number of rotatable bonds is 9. The van der Waals surface area contributed by atoms with Crippen molar-refractivity contribution in [3.8, 4) is 0 Å². The molecule has 0 bridgehead atoms. The van der Waals surface area contributed by atoms with Gasteiger partial charge >= 0.3 is 5.97 Å². The van der Waals surface area contributed by atoms with Crippen LogP contribution in [0, 0.1) is 5.41 Å². The van der Waals surface area contributed by atoms with E-state index < -0.39 is 5.97 Å². The first-order chi connectivity index (χ1) is 16.9. The summed E-state index contributed by atoms with van der Waals surface area (Å²) in [6.07, 6.45) is 0. The van der Waals surface area contributed by atoms with Crippen molar-refractivity contribution in [2.24, 2.45) is 5.73 Å². The van der Waals surface area contributed by atoms with E-state index >= 15 is 0 Å². The molecule has 0 spiro atoms. The summed E-state index contributed by atoms with van der Waals surface area (Å²) in [7, 11) is 0. The fraction of sp³-hybridized carbons (Fsp3) is 0.154. The lowest BCUT2D eigenvalue weighted by Crippen LogP contribution is -2.36. The van der Waals surface area contributed by atoms with Crippen LogP contribution >= 0.6 is 11.3 Å². The third-order valence-electron chi connectivity index (χ3n) is 5.22. The molecule has 1 heterocycles. The molecule has 4 aromatic rings. The zero-order valence-electron chi connectivity index (χ0n) is 19.2. The van der Waals surface area contributed by atoms with Crippen molar-refractivity contribution >= 4 is 50.6 Å². The number of anilines is 2. The highest BCUT2D eigenvalue weighted by molar-refractivity contribution is 7.18. The Morgan fingerprint density at radius 2 is 1.77 bits per heavy atom. The summed E-state index contributed by atoms with van der Waals surface area (Å²) in [6, 6.07) is 21.7. The summed E-state index contributed by atoms with van der Waals surface area (Å²) in [5.41, 5.74) is 8.83. The van der Waals surface area contributed by atoms with Crippen LogP contribution in [0.4, 0.5) is 11.4 Å². The topological polar surface area (TPSA) is 121 Å². The highest BCUT2D eigenvalue weighted by Crippen LogP contribution is 2.26. The molecular weight excluding hydrogens is 462 g/mol. The van der Waals surface area contributed by atoms with Gasteiger partial charge in [-0.3, -0.25) is 19.9 Å². The van der Waals surface area contributed by atoms with Crippen molar-refractivity contribution in [1.82, 2.24) is 4.98 Å². The van der Waals surface area contributed by atoms with E-state index in [0.29, 0.717) is 28.9 Å². The maximum Gasteiger partial charge on any atom is 0.326 e. The number of thiazole rings is 1. The van der Waals surface area contributed by atoms with Gasteiger partial charge in [0.2, 0.25) is 0 Å². The predicted octanol–water partition coefficient (Wildman–Crippen LogP) is 4.40. The van der Waals surface area contributed by atoms with Crippen molar-refractivity contribution in [2.75, 3.05) is 23.4 Å². The highest BCUT2D eigenvalue weighted by atomic mass is 32.1. The second-order valence-corrected chi connectivity index (χ2v) is 8.78. The molecule has 35 heavy (non-hydrogen) atoms. The molecular formula is C26H25N5O3S. The van der Waals surface area contributed by atoms with Crippen LogP contribution in [0.3, 0.4) is 0 Å². The number of esters is 1. The number of benzene rings is 3. The standard InChI is InChI=1S/C26H25N5O3S/c1-2-34-24(32)16-31(20-6-4-3-5-7-20)26(33)18-10-13-22-21(14-18)30-23(35-22)15-29-19-11-8-17(9-12-19)25(27)28/h3-14,29H,2,15-16H2,1H3,(H3,27,28). The number of amidine groups is 1. The fourth-order valence-corrected chi connectivity index (χ4v) is 4.40. The molecule has 0 fully saturated rings. The quantitative estimate of drug-likeness (QED) is 0.183. The van der Waals surface area contributed by atoms with E-state index in [2.05, 4.69) is 10.3 Å². The molecule has 0 atom stereocenters. The first-order valence-electron chi connectivity index (χ1n) is 11.0. The number of nitrogens with one attached hydrogen (secondary N) is 2. The second kappa shape index (κ2) is 10.8. The van der Waals surface area contributed by atoms with E-state index in [1.807, 2.05) is 36.4 Å². The maximum absolute atomic E-state index is 13.4. The van der Waals surface area contributed by atoms with Gasteiger partial charge in [0.05, 0.1) is 23.4 Å². The zero-order valence-corrected chi connectivity index (χ0v) is 20.0. The predicted molar refractivity (Wildman–Crippen MR) is 139 cm³/mol. The van der Waals surface area contributed by atoms with Crippen LogP contribution < -0.4 is 16.0 Å². The van der Waals surface area contributed by atoms with Crippen molar-refractivity contribution in [3.63, 3.8) is 0 Å². The van der Waals surface area contributed by atoms with E-state index in [1.165, 1.54) is 4.90 Å². The number of nitrogens with two attached hydrogens (primary N) is 1. The van der Waals surface area contributed by atoms with Gasteiger partial charge in [-0.25, -0.2) is 4.98 Å². The number of amides is 1. The average Bonchev–Trinajstić information content (AvgIpc) is 3.29. The minimum Gasteiger partial charge on any atom is -0.465 e. The number of nitrogens with zero attached hydrogens (tertiary/aromatic N) is 2. The fourth-order valence-electron chi connectivity index (χ4n) is 3.51. The SMILES string of the molecule is CCOC(=O)CN(C(=O)c1ccc2sc(CNc3ccc(C(=N)N)cc3)nc2c1)c1ccccc1. The summed E-state index contributed by atoms with van der Waals surface area (Å²) >= 11 is 1.54. The molecule has 1 amide bonds. The van der Waals surface area contributed by atoms with Gasteiger partial charge in [0.1, 0.15) is 17.4 Å². The molecule has 0 saturated carbocycles. The van der Waals surface area contributed by atoms with E-state index in [1.54, 1.807) is 54.7 Å². The van der Waals surface area contributed by atoms with Crippen molar-refractivity contribution < 1.29 is 14.3 Å². The third-order valence-corrected chi connectivity index (χ3v) is 6.26. The van der Waals surface area contributed by atoms with Gasteiger partial charge in [-0.05, 0) is 61.5 Å². The van der Waals surface area contributed by atoms with E-state index in [-0.39, 0.29) is 24.9 Å². The maximum atomic E-state index is 13.4. The largest absolute Gasteiger partial charge is 0.465 e. The van der Waals surface area contributed by atoms with Gasteiger partial charge < -0.3 is 15.8 Å². The summed E-state index contributed by atoms with van der Waals surface area (Å²) in [6.45, 7) is 2.32. The first kappa shape index (κ1) is 23.9. The molecule has 0 aliphatic rings. The van der Waals surface area contributed by atoms with Gasteiger partial charge in [0.15, 0.2) is 0 Å². The van der Waals surface area contributed by atoms with Crippen molar-refractivity contribution in [2.45, 2.75) is 13.5 Å². The summed E-state index contributed by atoms with van der Waals surface area (Å²) in [5.74, 6) is -0.741. The summed E-state index contributed by atoms with van der Waals surface area (Å²) in [5, 5.41) is 11.7. The van der Waals surface area contributed by atoms with Crippen LogP contribution in [0.2, 0.25) is 0 Å². The molecule has 0 unspecified atom stereocenters. The lowest BCUT2D eigenvalue weighted by atomic mass is 10.1. The molecule has 0 aliphatic heterocycles. The minimum absolute atomic E-state index is 0.0289. The van der Waals surface area contributed by atoms with Gasteiger partial charge in [-0.2, -0.15) is 0 Å². The lowest BCUT2D eigenvalue weighted by molar-refractivity contribution is -0.141. The molecule has 9 heteroatoms. The highest BCUT2D eigenvalue weighted by Gasteiger charge is 2.22. The molecule has 4 rings (SSSR count). The Kier molecular flexibility index (Phi) is 7.37. The summed E-state index contributed by atoms with van der Waals surface area (Å²) in [4.78, 5) is 31.6. The summed E-state index contributed by atoms with van der Waals surface area (Å²) < 4.78 is 6.03. The Morgan fingerprint density at radius 1 is 1.06 bits per heavy atom. The normalized spacial score (nSPS) is 10.7. The van der Waals surface area contributed by atoms with Crippen molar-refractivity contribution in [3.05, 3.63) is 88.9 Å². The number of hydrogen-bond acceptors (Lipinski definition) is 7. The molecule has 8 nitrogen and oxygen atoms in total. The number of carbonyl (C=O) groups is 2. The van der Waals surface area contributed by atoms with E-state index in [9.17, 15) is 9.59 Å². The Labute approximate surface area is 206 Å². The first-order valence-corrected chi connectivity index (χ1v) is 11.9. The smallest absolute Gasteiger partial charge is 0.326 e. The number of nitrogen functional groups attached to an aromatic ring is 1. The monoisotopic (exact) mass is 487 g/mol. The van der Waals surface area contributed by atoms with Gasteiger partial charge in [-0.15, -0.1) is 11.3 Å². The number of fused-ring (bicyclic) bond motifs is 1. The van der Waals surface area contributed by atoms with Gasteiger partial charge in [-0.1, -0.05) is 18.2 Å².